The van der Waals surface area contributed by atoms with E-state index in [1.54, 1.807) is 6.92 Å². The lowest BCUT2D eigenvalue weighted by Gasteiger charge is -2.11. The van der Waals surface area contributed by atoms with Crippen LogP contribution in [0.1, 0.15) is 31.2 Å². The van der Waals surface area contributed by atoms with Gasteiger partial charge in [0.1, 0.15) is 17.9 Å². The Balaban J connectivity index is 2.63. The molecular formula is C12H20N4O4. The fourth-order valence-corrected chi connectivity index (χ4v) is 1.96. The molecule has 0 saturated carbocycles. The number of aryl methyl sites for hydroxylation is 1. The van der Waals surface area contributed by atoms with Crippen LogP contribution in [0.4, 0.5) is 5.69 Å². The molecule has 112 valence electrons. The van der Waals surface area contributed by atoms with Crippen LogP contribution in [-0.2, 0) is 11.3 Å². The molecule has 0 saturated heterocycles. The molecule has 2 N–H and O–H groups in total. The molecule has 8 heteroatoms. The van der Waals surface area contributed by atoms with Gasteiger partial charge in [0.2, 0.25) is 5.91 Å². The van der Waals surface area contributed by atoms with Crippen molar-refractivity contribution >= 4 is 11.6 Å². The molecule has 20 heavy (non-hydrogen) atoms. The third-order valence-corrected chi connectivity index (χ3v) is 2.98. The number of rotatable bonds is 7. The first-order chi connectivity index (χ1) is 9.36. The Labute approximate surface area is 116 Å². The quantitative estimate of drug-likeness (QED) is 0.565. The maximum absolute atomic E-state index is 11.7. The number of nitro groups is 1. The average Bonchev–Trinajstić information content (AvgIpc) is 2.62. The normalized spacial score (nSPS) is 12.2. The lowest BCUT2D eigenvalue weighted by atomic mass is 10.2. The van der Waals surface area contributed by atoms with Gasteiger partial charge in [-0.25, -0.2) is 0 Å². The zero-order valence-electron chi connectivity index (χ0n) is 11.9. The molecular weight excluding hydrogens is 264 g/mol. The monoisotopic (exact) mass is 284 g/mol. The molecule has 0 radical (unpaired) electrons. The van der Waals surface area contributed by atoms with E-state index in [-0.39, 0.29) is 30.4 Å². The van der Waals surface area contributed by atoms with Gasteiger partial charge in [0, 0.05) is 6.54 Å². The minimum absolute atomic E-state index is 0.0659. The Bertz CT molecular complexity index is 498. The molecule has 1 atom stereocenters. The van der Waals surface area contributed by atoms with Crippen molar-refractivity contribution in [3.63, 3.8) is 0 Å². The van der Waals surface area contributed by atoms with E-state index in [1.807, 2.05) is 6.92 Å². The van der Waals surface area contributed by atoms with Crippen LogP contribution in [0.5, 0.6) is 0 Å². The summed E-state index contributed by atoms with van der Waals surface area (Å²) in [5.74, 6) is -0.333. The first kappa shape index (κ1) is 16.1. The molecule has 8 nitrogen and oxygen atoms in total. The summed E-state index contributed by atoms with van der Waals surface area (Å²) in [6, 6.07) is 0. The summed E-state index contributed by atoms with van der Waals surface area (Å²) >= 11 is 0. The smallest absolute Gasteiger partial charge is 0.312 e. The first-order valence-electron chi connectivity index (χ1n) is 6.50. The van der Waals surface area contributed by atoms with E-state index in [1.165, 1.54) is 11.6 Å². The van der Waals surface area contributed by atoms with E-state index >= 15 is 0 Å². The van der Waals surface area contributed by atoms with Crippen LogP contribution < -0.4 is 5.32 Å². The van der Waals surface area contributed by atoms with Crippen molar-refractivity contribution in [3.8, 4) is 0 Å². The van der Waals surface area contributed by atoms with Crippen molar-refractivity contribution in [2.45, 2.75) is 46.3 Å². The topological polar surface area (TPSA) is 110 Å². The number of nitrogens with one attached hydrogen (secondary N) is 1. The second-order valence-electron chi connectivity index (χ2n) is 4.68. The predicted molar refractivity (Wildman–Crippen MR) is 72.3 cm³/mol. The molecule has 0 spiro atoms. The largest absolute Gasteiger partial charge is 0.391 e. The standard InChI is InChI=1S/C12H20N4O4/c1-4-5-10(17)6-13-11(18)7-15-9(3)12(16(19)20)8(2)14-15/h10,17H,4-7H2,1-3H3,(H,13,18). The Morgan fingerprint density at radius 3 is 2.70 bits per heavy atom. The van der Waals surface area contributed by atoms with Gasteiger partial charge in [-0.1, -0.05) is 13.3 Å². The summed E-state index contributed by atoms with van der Waals surface area (Å²) in [5, 5.41) is 26.9. The second kappa shape index (κ2) is 6.99. The molecule has 0 aromatic carbocycles. The molecule has 1 aromatic heterocycles. The number of hydrogen-bond acceptors (Lipinski definition) is 5. The predicted octanol–water partition coefficient (Wildman–Crippen LogP) is 0.685. The van der Waals surface area contributed by atoms with E-state index in [4.69, 9.17) is 0 Å². The number of nitrogens with zero attached hydrogens (tertiary/aromatic N) is 3. The van der Waals surface area contributed by atoms with Gasteiger partial charge in [-0.2, -0.15) is 5.10 Å². The van der Waals surface area contributed by atoms with Gasteiger partial charge in [0.15, 0.2) is 0 Å². The minimum atomic E-state index is -0.571. The van der Waals surface area contributed by atoms with E-state index < -0.39 is 11.0 Å². The Kier molecular flexibility index (Phi) is 5.63. The van der Waals surface area contributed by atoms with E-state index in [0.717, 1.165) is 6.42 Å². The van der Waals surface area contributed by atoms with Crippen LogP contribution in [0.15, 0.2) is 0 Å². The number of aromatic nitrogens is 2. The highest BCUT2D eigenvalue weighted by Gasteiger charge is 2.22. The number of hydrogen-bond donors (Lipinski definition) is 2. The van der Waals surface area contributed by atoms with Crippen molar-refractivity contribution in [3.05, 3.63) is 21.5 Å². The number of carbonyl (C=O) groups excluding carboxylic acids is 1. The highest BCUT2D eigenvalue weighted by atomic mass is 16.6. The van der Waals surface area contributed by atoms with Crippen molar-refractivity contribution in [1.82, 2.24) is 15.1 Å². The highest BCUT2D eigenvalue weighted by molar-refractivity contribution is 5.75. The third-order valence-electron chi connectivity index (χ3n) is 2.98. The summed E-state index contributed by atoms with van der Waals surface area (Å²) in [7, 11) is 0. The summed E-state index contributed by atoms with van der Waals surface area (Å²) in [5.41, 5.74) is 0.562. The lowest BCUT2D eigenvalue weighted by Crippen LogP contribution is -2.34. The number of aliphatic hydroxyl groups excluding tert-OH is 1. The van der Waals surface area contributed by atoms with Gasteiger partial charge in [-0.3, -0.25) is 19.6 Å². The molecule has 1 aromatic rings. The van der Waals surface area contributed by atoms with Gasteiger partial charge in [-0.05, 0) is 20.3 Å². The van der Waals surface area contributed by atoms with Crippen molar-refractivity contribution in [1.29, 1.82) is 0 Å². The van der Waals surface area contributed by atoms with E-state index in [0.29, 0.717) is 12.1 Å². The van der Waals surface area contributed by atoms with Crippen LogP contribution in [0.25, 0.3) is 0 Å². The van der Waals surface area contributed by atoms with Gasteiger partial charge in [-0.15, -0.1) is 0 Å². The molecule has 0 aliphatic rings. The molecule has 0 fully saturated rings. The van der Waals surface area contributed by atoms with Crippen molar-refractivity contribution < 1.29 is 14.8 Å². The van der Waals surface area contributed by atoms with E-state index in [9.17, 15) is 20.0 Å². The van der Waals surface area contributed by atoms with Gasteiger partial charge >= 0.3 is 5.69 Å². The highest BCUT2D eigenvalue weighted by Crippen LogP contribution is 2.21. The Hall–Kier alpha value is -1.96. The minimum Gasteiger partial charge on any atom is -0.391 e. The summed E-state index contributed by atoms with van der Waals surface area (Å²) in [4.78, 5) is 22.1. The van der Waals surface area contributed by atoms with Gasteiger partial charge in [0.05, 0.1) is 11.0 Å². The zero-order valence-corrected chi connectivity index (χ0v) is 11.9. The summed E-state index contributed by atoms with van der Waals surface area (Å²) in [6.07, 6.45) is 0.880. The maximum atomic E-state index is 11.7. The van der Waals surface area contributed by atoms with Crippen LogP contribution in [0.3, 0.4) is 0 Å². The van der Waals surface area contributed by atoms with Crippen LogP contribution in [0.2, 0.25) is 0 Å². The van der Waals surface area contributed by atoms with Gasteiger partial charge < -0.3 is 10.4 Å². The third kappa shape index (κ3) is 4.02. The van der Waals surface area contributed by atoms with Crippen LogP contribution in [0, 0.1) is 24.0 Å². The van der Waals surface area contributed by atoms with Crippen molar-refractivity contribution in [2.75, 3.05) is 6.54 Å². The molecule has 1 heterocycles. The Morgan fingerprint density at radius 2 is 2.20 bits per heavy atom. The molecule has 0 aliphatic carbocycles. The average molecular weight is 284 g/mol. The van der Waals surface area contributed by atoms with Gasteiger partial charge in [0.25, 0.3) is 0 Å². The summed E-state index contributed by atoms with van der Waals surface area (Å²) < 4.78 is 1.30. The number of amides is 1. The second-order valence-corrected chi connectivity index (χ2v) is 4.68. The maximum Gasteiger partial charge on any atom is 0.312 e. The molecule has 1 unspecified atom stereocenters. The van der Waals surface area contributed by atoms with E-state index in [2.05, 4.69) is 10.4 Å². The number of carbonyl (C=O) groups is 1. The Morgan fingerprint density at radius 1 is 1.55 bits per heavy atom. The van der Waals surface area contributed by atoms with Crippen molar-refractivity contribution in [2.24, 2.45) is 0 Å². The molecule has 1 amide bonds. The fraction of sp³-hybridized carbons (Fsp3) is 0.667. The molecule has 0 aliphatic heterocycles. The molecule has 0 bridgehead atoms. The van der Waals surface area contributed by atoms with Crippen LogP contribution >= 0.6 is 0 Å². The zero-order chi connectivity index (χ0) is 15.3. The SMILES string of the molecule is CCCC(O)CNC(=O)Cn1nc(C)c([N+](=O)[O-])c1C. The summed E-state index contributed by atoms with van der Waals surface area (Å²) in [6.45, 7) is 5.11. The van der Waals surface area contributed by atoms with Crippen LogP contribution in [-0.4, -0.2) is 38.4 Å². The number of aliphatic hydroxyl groups is 1. The fourth-order valence-electron chi connectivity index (χ4n) is 1.96. The molecule has 1 rings (SSSR count). The first-order valence-corrected chi connectivity index (χ1v) is 6.50. The lowest BCUT2D eigenvalue weighted by molar-refractivity contribution is -0.386.